The van der Waals surface area contributed by atoms with E-state index in [1.807, 2.05) is 36.4 Å². The van der Waals surface area contributed by atoms with Gasteiger partial charge in [-0.3, -0.25) is 24.6 Å². The number of carbonyl (C=O) groups excluding carboxylic acids is 4. The summed E-state index contributed by atoms with van der Waals surface area (Å²) in [5.41, 5.74) is 1.86. The van der Waals surface area contributed by atoms with Crippen molar-refractivity contribution in [3.8, 4) is 0 Å². The van der Waals surface area contributed by atoms with E-state index >= 15 is 0 Å². The van der Waals surface area contributed by atoms with E-state index in [0.717, 1.165) is 27.8 Å². The maximum absolute atomic E-state index is 13.6. The Bertz CT molecular complexity index is 1610. The number of hydrazone groups is 1. The van der Waals surface area contributed by atoms with Crippen LogP contribution in [0.5, 0.6) is 0 Å². The largest absolute Gasteiger partial charge is 0.459 e. The lowest BCUT2D eigenvalue weighted by Crippen LogP contribution is -2.70. The number of amides is 4. The predicted octanol–water partition coefficient (Wildman–Crippen LogP) is 2.31. The molecule has 15 heteroatoms. The van der Waals surface area contributed by atoms with Gasteiger partial charge in [0.2, 0.25) is 5.91 Å². The Balaban J connectivity index is 1.33. The van der Waals surface area contributed by atoms with Crippen molar-refractivity contribution < 1.29 is 33.9 Å². The SMILES string of the molecule is O=C(Cc1ccccc1)N[C@@H]1C(=O)N(CO)[C@@H]1SC(C(=O)OCc1ccc([N+](=O)[O-])cc1)N1CCN(N=Cc2ccccc2)C1=O. The summed E-state index contributed by atoms with van der Waals surface area (Å²) in [4.78, 5) is 65.5. The molecule has 3 aromatic rings. The number of nitrogens with one attached hydrogen (secondary N) is 1. The van der Waals surface area contributed by atoms with Gasteiger partial charge in [-0.05, 0) is 28.8 Å². The van der Waals surface area contributed by atoms with Gasteiger partial charge in [0.15, 0.2) is 5.37 Å². The maximum Gasteiger partial charge on any atom is 0.341 e. The van der Waals surface area contributed by atoms with Gasteiger partial charge in [0.05, 0.1) is 24.1 Å². The number of rotatable bonds is 13. The van der Waals surface area contributed by atoms with Crippen molar-refractivity contribution in [1.82, 2.24) is 20.1 Å². The number of carbonyl (C=O) groups is 4. The molecule has 0 saturated carbocycles. The number of benzene rings is 3. The molecule has 2 saturated heterocycles. The van der Waals surface area contributed by atoms with Gasteiger partial charge in [0.1, 0.15) is 24.8 Å². The molecule has 14 nitrogen and oxygen atoms in total. The number of hydrogen-bond acceptors (Lipinski definition) is 10. The highest BCUT2D eigenvalue weighted by Gasteiger charge is 2.52. The number of thioether (sulfide) groups is 1. The molecule has 0 aromatic heterocycles. The molecule has 3 atom stereocenters. The van der Waals surface area contributed by atoms with E-state index in [2.05, 4.69) is 10.4 Å². The topological polar surface area (TPSA) is 175 Å². The van der Waals surface area contributed by atoms with Gasteiger partial charge in [0.25, 0.3) is 11.6 Å². The first-order valence-electron chi connectivity index (χ1n) is 14.2. The quantitative estimate of drug-likeness (QED) is 0.0928. The summed E-state index contributed by atoms with van der Waals surface area (Å²) in [7, 11) is 0. The van der Waals surface area contributed by atoms with Crippen LogP contribution in [0.4, 0.5) is 10.5 Å². The number of hydrogen-bond donors (Lipinski definition) is 2. The molecule has 1 unspecified atom stereocenters. The lowest BCUT2D eigenvalue weighted by atomic mass is 10.1. The molecule has 0 bridgehead atoms. The second kappa shape index (κ2) is 14.7. The molecule has 2 N–H and O–H groups in total. The van der Waals surface area contributed by atoms with E-state index in [1.165, 1.54) is 40.4 Å². The number of β-lactam (4-membered cyclic amide) rings is 1. The van der Waals surface area contributed by atoms with Crippen LogP contribution in [0.2, 0.25) is 0 Å². The lowest BCUT2D eigenvalue weighted by molar-refractivity contribution is -0.384. The molecule has 0 radical (unpaired) electrons. The standard InChI is InChI=1S/C31H30N6O8S/c38-20-35-27(40)26(33-25(39)17-21-7-3-1-4-8-21)28(35)46-29(30(41)45-19-23-11-13-24(14-12-23)37(43)44)34-15-16-36(31(34)42)32-18-22-9-5-2-6-10-22/h1-14,18,26,28-29,38H,15-17,19-20H2,(H,33,39)/t26-,28-,29?/m1/s1. The Morgan fingerprint density at radius 3 is 2.35 bits per heavy atom. The van der Waals surface area contributed by atoms with Crippen molar-refractivity contribution in [2.24, 2.45) is 5.10 Å². The van der Waals surface area contributed by atoms with Crippen LogP contribution >= 0.6 is 11.8 Å². The van der Waals surface area contributed by atoms with E-state index in [4.69, 9.17) is 4.74 Å². The van der Waals surface area contributed by atoms with E-state index in [1.54, 1.807) is 24.3 Å². The number of urea groups is 1. The van der Waals surface area contributed by atoms with Crippen LogP contribution in [0.15, 0.2) is 90.0 Å². The van der Waals surface area contributed by atoms with Gasteiger partial charge in [-0.25, -0.2) is 14.6 Å². The Labute approximate surface area is 267 Å². The number of nitrogens with zero attached hydrogens (tertiary/aromatic N) is 5. The highest BCUT2D eigenvalue weighted by molar-refractivity contribution is 8.01. The van der Waals surface area contributed by atoms with E-state index in [9.17, 15) is 34.4 Å². The minimum atomic E-state index is -1.29. The lowest BCUT2D eigenvalue weighted by Gasteiger charge is -2.46. The molecular weight excluding hydrogens is 616 g/mol. The first-order valence-corrected chi connectivity index (χ1v) is 15.2. The summed E-state index contributed by atoms with van der Waals surface area (Å²) in [6.07, 6.45) is 1.54. The van der Waals surface area contributed by atoms with E-state index in [-0.39, 0.29) is 31.8 Å². The van der Waals surface area contributed by atoms with E-state index in [0.29, 0.717) is 5.56 Å². The fourth-order valence-electron chi connectivity index (χ4n) is 4.83. The Morgan fingerprint density at radius 2 is 1.70 bits per heavy atom. The third-order valence-corrected chi connectivity index (χ3v) is 8.77. The highest BCUT2D eigenvalue weighted by atomic mass is 32.2. The Hall–Kier alpha value is -5.28. The van der Waals surface area contributed by atoms with Crippen molar-refractivity contribution in [3.63, 3.8) is 0 Å². The average Bonchev–Trinajstić information content (AvgIpc) is 3.43. The second-order valence-electron chi connectivity index (χ2n) is 10.3. The molecule has 3 aromatic carbocycles. The molecule has 0 spiro atoms. The minimum Gasteiger partial charge on any atom is -0.459 e. The van der Waals surface area contributed by atoms with Crippen LogP contribution in [0.1, 0.15) is 16.7 Å². The number of non-ortho nitro benzene ring substituents is 1. The number of nitro benzene ring substituents is 1. The van der Waals surface area contributed by atoms with Crippen molar-refractivity contribution in [2.45, 2.75) is 29.8 Å². The number of aliphatic hydroxyl groups is 1. The van der Waals surface area contributed by atoms with Gasteiger partial charge in [-0.15, -0.1) is 0 Å². The zero-order valence-corrected chi connectivity index (χ0v) is 25.2. The summed E-state index contributed by atoms with van der Waals surface area (Å²) in [5.74, 6) is -1.79. The Kier molecular flexibility index (Phi) is 10.2. The van der Waals surface area contributed by atoms with Crippen LogP contribution in [0.3, 0.4) is 0 Å². The molecule has 46 heavy (non-hydrogen) atoms. The number of esters is 1. The molecule has 4 amide bonds. The van der Waals surface area contributed by atoms with Crippen LogP contribution in [-0.2, 0) is 32.1 Å². The molecule has 2 heterocycles. The number of aliphatic hydroxyl groups excluding tert-OH is 1. The zero-order valence-electron chi connectivity index (χ0n) is 24.4. The molecule has 2 aliphatic heterocycles. The van der Waals surface area contributed by atoms with Crippen LogP contribution in [0.25, 0.3) is 0 Å². The van der Waals surface area contributed by atoms with Crippen LogP contribution < -0.4 is 5.32 Å². The van der Waals surface area contributed by atoms with Gasteiger partial charge < -0.3 is 20.1 Å². The monoisotopic (exact) mass is 646 g/mol. The molecule has 2 aliphatic rings. The summed E-state index contributed by atoms with van der Waals surface area (Å²) < 4.78 is 5.54. The van der Waals surface area contributed by atoms with Crippen molar-refractivity contribution in [2.75, 3.05) is 19.8 Å². The first kappa shape index (κ1) is 32.1. The summed E-state index contributed by atoms with van der Waals surface area (Å²) in [5, 5.41) is 26.9. The van der Waals surface area contributed by atoms with Gasteiger partial charge >= 0.3 is 12.0 Å². The summed E-state index contributed by atoms with van der Waals surface area (Å²) in [6, 6.07) is 21.9. The van der Waals surface area contributed by atoms with Crippen LogP contribution in [-0.4, -0.2) is 91.5 Å². The zero-order chi connectivity index (χ0) is 32.6. The van der Waals surface area contributed by atoms with Crippen molar-refractivity contribution in [1.29, 1.82) is 0 Å². The minimum absolute atomic E-state index is 0.0147. The number of nitro groups is 1. The summed E-state index contributed by atoms with van der Waals surface area (Å²) in [6.45, 7) is -0.649. The predicted molar refractivity (Wildman–Crippen MR) is 167 cm³/mol. The Morgan fingerprint density at radius 1 is 1.02 bits per heavy atom. The fraction of sp³-hybridized carbons (Fsp3) is 0.258. The smallest absolute Gasteiger partial charge is 0.341 e. The second-order valence-corrected chi connectivity index (χ2v) is 11.5. The van der Waals surface area contributed by atoms with Crippen LogP contribution in [0, 0.1) is 10.1 Å². The first-order chi connectivity index (χ1) is 22.2. The third kappa shape index (κ3) is 7.50. The van der Waals surface area contributed by atoms with Crippen molar-refractivity contribution in [3.05, 3.63) is 112 Å². The summed E-state index contributed by atoms with van der Waals surface area (Å²) >= 11 is 0.885. The number of likely N-dealkylation sites (tertiary alicyclic amines) is 1. The molecule has 2 fully saturated rings. The van der Waals surface area contributed by atoms with Crippen molar-refractivity contribution >= 4 is 47.5 Å². The fourth-order valence-corrected chi connectivity index (χ4v) is 6.28. The molecule has 5 rings (SSSR count). The molecular formula is C31H30N6O8S. The normalized spacial score (nSPS) is 18.4. The van der Waals surface area contributed by atoms with Gasteiger partial charge in [-0.1, -0.05) is 72.4 Å². The van der Waals surface area contributed by atoms with Gasteiger partial charge in [-0.2, -0.15) is 5.10 Å². The maximum atomic E-state index is 13.6. The average molecular weight is 647 g/mol. The number of ether oxygens (including phenoxy) is 1. The third-order valence-electron chi connectivity index (χ3n) is 7.26. The van der Waals surface area contributed by atoms with E-state index < -0.39 is 52.3 Å². The van der Waals surface area contributed by atoms with Gasteiger partial charge in [0, 0.05) is 18.7 Å². The highest BCUT2D eigenvalue weighted by Crippen LogP contribution is 2.36. The molecule has 238 valence electrons. The molecule has 0 aliphatic carbocycles.